The van der Waals surface area contributed by atoms with E-state index in [-0.39, 0.29) is 24.4 Å². The van der Waals surface area contributed by atoms with Gasteiger partial charge in [-0.2, -0.15) is 13.8 Å². The Hall–Kier alpha value is -3.20. The Morgan fingerprint density at radius 3 is 2.93 bits per heavy atom. The summed E-state index contributed by atoms with van der Waals surface area (Å²) < 4.78 is 29.8. The number of carbonyl (C=O) groups is 1. The van der Waals surface area contributed by atoms with Crippen LogP contribution in [0, 0.1) is 0 Å². The van der Waals surface area contributed by atoms with Crippen LogP contribution in [-0.2, 0) is 13.0 Å². The van der Waals surface area contributed by atoms with Crippen molar-refractivity contribution >= 4 is 5.91 Å². The summed E-state index contributed by atoms with van der Waals surface area (Å²) in [4.78, 5) is 20.2. The lowest BCUT2D eigenvalue weighted by molar-refractivity contribution is 0.0936. The van der Waals surface area contributed by atoms with E-state index in [1.54, 1.807) is 18.2 Å². The Morgan fingerprint density at radius 1 is 1.32 bits per heavy atom. The molecule has 1 atom stereocenters. The van der Waals surface area contributed by atoms with Gasteiger partial charge in [-0.1, -0.05) is 17.3 Å². The number of aromatic nitrogens is 3. The molecule has 0 fully saturated rings. The quantitative estimate of drug-likeness (QED) is 0.699. The van der Waals surface area contributed by atoms with Gasteiger partial charge < -0.3 is 14.9 Å². The molecule has 0 saturated carbocycles. The van der Waals surface area contributed by atoms with Crippen molar-refractivity contribution in [2.45, 2.75) is 31.9 Å². The van der Waals surface area contributed by atoms with Gasteiger partial charge in [0.1, 0.15) is 0 Å². The molecule has 0 saturated heterocycles. The summed E-state index contributed by atoms with van der Waals surface area (Å²) in [6.45, 7) is -0.237. The number of carbonyl (C=O) groups excluding carboxylic acids is 1. The Labute approximate surface area is 158 Å². The van der Waals surface area contributed by atoms with Gasteiger partial charge in [-0.15, -0.1) is 0 Å². The van der Waals surface area contributed by atoms with E-state index in [2.05, 4.69) is 25.0 Å². The molecule has 0 bridgehead atoms. The summed E-state index contributed by atoms with van der Waals surface area (Å²) in [6.07, 6.45) is 0.117. The maximum absolute atomic E-state index is 12.6. The summed E-state index contributed by atoms with van der Waals surface area (Å²) in [6, 6.07) is 8.36. The molecule has 0 spiro atoms. The molecule has 0 aliphatic heterocycles. The normalized spacial score (nSPS) is 15.6. The first-order valence-corrected chi connectivity index (χ1v) is 8.66. The summed E-state index contributed by atoms with van der Waals surface area (Å²) in [5.41, 5.74) is 3.40. The van der Waals surface area contributed by atoms with Gasteiger partial charge in [0.2, 0.25) is 5.82 Å². The maximum atomic E-state index is 12.6. The fourth-order valence-electron chi connectivity index (χ4n) is 3.30. The second kappa shape index (κ2) is 7.43. The highest BCUT2D eigenvalue weighted by Crippen LogP contribution is 2.34. The summed E-state index contributed by atoms with van der Waals surface area (Å²) in [7, 11) is 0. The van der Waals surface area contributed by atoms with Crippen LogP contribution in [0.25, 0.3) is 11.4 Å². The van der Waals surface area contributed by atoms with Crippen molar-refractivity contribution in [1.82, 2.24) is 20.4 Å². The van der Waals surface area contributed by atoms with E-state index in [9.17, 15) is 13.6 Å². The number of hydrogen-bond donors (Lipinski definition) is 2. The first-order valence-electron chi connectivity index (χ1n) is 8.66. The van der Waals surface area contributed by atoms with Gasteiger partial charge in [0.05, 0.1) is 18.3 Å². The number of rotatable bonds is 5. The zero-order chi connectivity index (χ0) is 19.7. The van der Waals surface area contributed by atoms with E-state index >= 15 is 0 Å². The molecule has 1 aliphatic carbocycles. The SMILES string of the molecule is O=C(NC1CCc2cc(-c3noc(C(F)F)n3)ccc21)c1ccnc(CO)c1. The maximum Gasteiger partial charge on any atom is 0.315 e. The number of aryl methyl sites for hydroxylation is 1. The first kappa shape index (κ1) is 18.2. The van der Waals surface area contributed by atoms with Gasteiger partial charge in [-0.3, -0.25) is 9.78 Å². The Kier molecular flexibility index (Phi) is 4.82. The monoisotopic (exact) mass is 386 g/mol. The van der Waals surface area contributed by atoms with Gasteiger partial charge in [0, 0.05) is 17.3 Å². The molecule has 3 aromatic rings. The van der Waals surface area contributed by atoms with E-state index in [1.807, 2.05) is 12.1 Å². The molecule has 1 unspecified atom stereocenters. The summed E-state index contributed by atoms with van der Waals surface area (Å²) in [5.74, 6) is -0.849. The molecule has 1 aliphatic rings. The third kappa shape index (κ3) is 3.48. The molecule has 1 aromatic carbocycles. The largest absolute Gasteiger partial charge is 0.390 e. The third-order valence-electron chi connectivity index (χ3n) is 4.65. The molecule has 1 amide bonds. The number of aliphatic hydroxyl groups is 1. The van der Waals surface area contributed by atoms with Crippen molar-refractivity contribution in [3.8, 4) is 11.4 Å². The van der Waals surface area contributed by atoms with Crippen molar-refractivity contribution in [2.24, 2.45) is 0 Å². The van der Waals surface area contributed by atoms with Crippen LogP contribution in [0.4, 0.5) is 8.78 Å². The van der Waals surface area contributed by atoms with Crippen molar-refractivity contribution < 1.29 is 23.2 Å². The van der Waals surface area contributed by atoms with Crippen LogP contribution >= 0.6 is 0 Å². The predicted molar refractivity (Wildman–Crippen MR) is 93.4 cm³/mol. The lowest BCUT2D eigenvalue weighted by Crippen LogP contribution is -2.27. The second-order valence-corrected chi connectivity index (χ2v) is 6.43. The van der Waals surface area contributed by atoms with Gasteiger partial charge in [0.15, 0.2) is 0 Å². The zero-order valence-electron chi connectivity index (χ0n) is 14.6. The molecule has 0 radical (unpaired) electrons. The fourth-order valence-corrected chi connectivity index (χ4v) is 3.30. The summed E-state index contributed by atoms with van der Waals surface area (Å²) in [5, 5.41) is 15.7. The zero-order valence-corrected chi connectivity index (χ0v) is 14.6. The van der Waals surface area contributed by atoms with Crippen LogP contribution in [0.15, 0.2) is 41.1 Å². The van der Waals surface area contributed by atoms with Crippen molar-refractivity contribution in [3.63, 3.8) is 0 Å². The van der Waals surface area contributed by atoms with Crippen LogP contribution in [0.1, 0.15) is 52.0 Å². The molecule has 9 heteroatoms. The number of benzene rings is 1. The lowest BCUT2D eigenvalue weighted by Gasteiger charge is -2.14. The van der Waals surface area contributed by atoms with Crippen LogP contribution in [0.2, 0.25) is 0 Å². The van der Waals surface area contributed by atoms with Crippen LogP contribution < -0.4 is 5.32 Å². The molecule has 4 rings (SSSR count). The molecule has 2 aromatic heterocycles. The number of nitrogens with zero attached hydrogens (tertiary/aromatic N) is 3. The van der Waals surface area contributed by atoms with Gasteiger partial charge >= 0.3 is 6.43 Å². The average molecular weight is 386 g/mol. The predicted octanol–water partition coefficient (Wildman–Crippen LogP) is 2.98. The second-order valence-electron chi connectivity index (χ2n) is 6.43. The van der Waals surface area contributed by atoms with Crippen LogP contribution in [0.3, 0.4) is 0 Å². The van der Waals surface area contributed by atoms with Crippen molar-refractivity contribution in [1.29, 1.82) is 0 Å². The van der Waals surface area contributed by atoms with E-state index < -0.39 is 12.3 Å². The third-order valence-corrected chi connectivity index (χ3v) is 4.65. The number of pyridine rings is 1. The van der Waals surface area contributed by atoms with Crippen molar-refractivity contribution in [2.75, 3.05) is 0 Å². The standard InChI is InChI=1S/C19H16F2N4O3/c20-16(21)19-24-17(25-28-19)11-1-3-14-10(7-11)2-4-15(14)23-18(27)12-5-6-22-13(8-12)9-26/h1,3,5-8,15-16,26H,2,4,9H2,(H,23,27). The number of alkyl halides is 2. The fraction of sp³-hybridized carbons (Fsp3) is 0.263. The number of fused-ring (bicyclic) bond motifs is 1. The van der Waals surface area contributed by atoms with E-state index in [0.29, 0.717) is 16.8 Å². The summed E-state index contributed by atoms with van der Waals surface area (Å²) >= 11 is 0. The molecule has 7 nitrogen and oxygen atoms in total. The highest BCUT2D eigenvalue weighted by atomic mass is 19.3. The van der Waals surface area contributed by atoms with Crippen molar-refractivity contribution in [3.05, 3.63) is 64.8 Å². The Morgan fingerprint density at radius 2 is 2.18 bits per heavy atom. The molecule has 2 heterocycles. The topological polar surface area (TPSA) is 101 Å². The highest BCUT2D eigenvalue weighted by molar-refractivity contribution is 5.94. The number of halogens is 2. The minimum absolute atomic E-state index is 0.110. The Bertz CT molecular complexity index is 1020. The molecular formula is C19H16F2N4O3. The van der Waals surface area contributed by atoms with E-state index in [0.717, 1.165) is 24.0 Å². The molecule has 28 heavy (non-hydrogen) atoms. The average Bonchev–Trinajstić information content (AvgIpc) is 3.35. The molecule has 144 valence electrons. The number of amides is 1. The minimum atomic E-state index is -2.81. The number of nitrogens with one attached hydrogen (secondary N) is 1. The van der Waals surface area contributed by atoms with Gasteiger partial charge in [-0.25, -0.2) is 0 Å². The minimum Gasteiger partial charge on any atom is -0.390 e. The molecule has 2 N–H and O–H groups in total. The smallest absolute Gasteiger partial charge is 0.315 e. The van der Waals surface area contributed by atoms with E-state index in [1.165, 1.54) is 6.20 Å². The molecular weight excluding hydrogens is 370 g/mol. The van der Waals surface area contributed by atoms with Gasteiger partial charge in [-0.05, 0) is 42.2 Å². The lowest BCUT2D eigenvalue weighted by atomic mass is 10.0. The van der Waals surface area contributed by atoms with E-state index in [4.69, 9.17) is 5.11 Å². The van der Waals surface area contributed by atoms with Gasteiger partial charge in [0.25, 0.3) is 11.8 Å². The number of hydrogen-bond acceptors (Lipinski definition) is 6. The van der Waals surface area contributed by atoms with Crippen LogP contribution in [0.5, 0.6) is 0 Å². The Balaban J connectivity index is 1.52. The highest BCUT2D eigenvalue weighted by Gasteiger charge is 2.26. The number of aliphatic hydroxyl groups excluding tert-OH is 1. The first-order chi connectivity index (χ1) is 13.5. The van der Waals surface area contributed by atoms with Crippen LogP contribution in [-0.4, -0.2) is 26.1 Å².